The summed E-state index contributed by atoms with van der Waals surface area (Å²) in [5.74, 6) is -1.66. The van der Waals surface area contributed by atoms with Gasteiger partial charge in [0.15, 0.2) is 5.76 Å². The highest BCUT2D eigenvalue weighted by Crippen LogP contribution is 2.25. The normalized spacial score (nSPS) is 21.7. The van der Waals surface area contributed by atoms with Gasteiger partial charge in [-0.25, -0.2) is 0 Å². The summed E-state index contributed by atoms with van der Waals surface area (Å²) in [5, 5.41) is 12.9. The van der Waals surface area contributed by atoms with Crippen molar-refractivity contribution in [3.05, 3.63) is 11.3 Å². The third kappa shape index (κ3) is 4.07. The number of rotatable bonds is 2. The first kappa shape index (κ1) is 17.2. The first-order valence-electron chi connectivity index (χ1n) is 6.45. The molecule has 116 valence electrons. The van der Waals surface area contributed by atoms with Gasteiger partial charge in [-0.3, -0.25) is 29.8 Å². The molecule has 0 bridgehead atoms. The zero-order chi connectivity index (χ0) is 16.3. The maximum Gasteiger partial charge on any atom is 0.293 e. The first-order chi connectivity index (χ1) is 9.65. The predicted octanol–water partition coefficient (Wildman–Crippen LogP) is 1.10. The number of nitrogens with one attached hydrogen (secondary N) is 2. The summed E-state index contributed by atoms with van der Waals surface area (Å²) in [5.41, 5.74) is 0.176. The molecule has 2 rings (SSSR count). The van der Waals surface area contributed by atoms with Gasteiger partial charge in [0.1, 0.15) is 0 Å². The van der Waals surface area contributed by atoms with Crippen LogP contribution in [-0.4, -0.2) is 33.3 Å². The second kappa shape index (κ2) is 6.75. The fourth-order valence-corrected chi connectivity index (χ4v) is 2.63. The van der Waals surface area contributed by atoms with Crippen LogP contribution in [0.4, 0.5) is 4.79 Å². The topological polar surface area (TPSA) is 113 Å². The number of aliphatic hydroxyl groups excluding tert-OH is 1. The van der Waals surface area contributed by atoms with Crippen LogP contribution in [0, 0.1) is 11.8 Å². The molecule has 0 aromatic heterocycles. The number of carbonyl (C=O) groups is 4. The van der Waals surface area contributed by atoms with Crippen molar-refractivity contribution in [2.45, 2.75) is 32.9 Å². The van der Waals surface area contributed by atoms with Crippen LogP contribution >= 0.6 is 11.8 Å². The Morgan fingerprint density at radius 2 is 1.57 bits per heavy atom. The molecule has 8 heteroatoms. The van der Waals surface area contributed by atoms with Crippen molar-refractivity contribution in [3.8, 4) is 0 Å². The van der Waals surface area contributed by atoms with E-state index >= 15 is 0 Å². The van der Waals surface area contributed by atoms with Crippen molar-refractivity contribution < 1.29 is 24.3 Å². The van der Waals surface area contributed by atoms with E-state index in [4.69, 9.17) is 5.11 Å². The van der Waals surface area contributed by atoms with E-state index in [2.05, 4.69) is 5.32 Å². The minimum atomic E-state index is -0.696. The Hall–Kier alpha value is -1.83. The molecule has 1 unspecified atom stereocenters. The monoisotopic (exact) mass is 314 g/mol. The Kier molecular flexibility index (Phi) is 5.54. The highest BCUT2D eigenvalue weighted by molar-refractivity contribution is 8.15. The smallest absolute Gasteiger partial charge is 0.293 e. The second-order valence-corrected chi connectivity index (χ2v) is 6.37. The fourth-order valence-electron chi connectivity index (χ4n) is 1.80. The molecule has 2 aliphatic rings. The van der Waals surface area contributed by atoms with E-state index in [1.165, 1.54) is 0 Å². The molecule has 3 N–H and O–H groups in total. The average Bonchev–Trinajstić information content (AvgIpc) is 2.80. The van der Waals surface area contributed by atoms with Gasteiger partial charge in [0.05, 0.1) is 10.8 Å². The zero-order valence-corrected chi connectivity index (χ0v) is 13.0. The summed E-state index contributed by atoms with van der Waals surface area (Å²) in [6.07, 6.45) is 0. The van der Waals surface area contributed by atoms with Gasteiger partial charge < -0.3 is 5.11 Å². The predicted molar refractivity (Wildman–Crippen MR) is 77.4 cm³/mol. The minimum Gasteiger partial charge on any atom is -0.503 e. The lowest BCUT2D eigenvalue weighted by molar-refractivity contribution is -0.125. The third-order valence-corrected chi connectivity index (χ3v) is 4.17. The Morgan fingerprint density at radius 3 is 1.76 bits per heavy atom. The lowest BCUT2D eigenvalue weighted by Gasteiger charge is -2.06. The van der Waals surface area contributed by atoms with E-state index in [-0.39, 0.29) is 33.8 Å². The van der Waals surface area contributed by atoms with Gasteiger partial charge in [-0.15, -0.1) is 0 Å². The molecule has 0 aromatic rings. The Morgan fingerprint density at radius 1 is 1.00 bits per heavy atom. The van der Waals surface area contributed by atoms with Crippen LogP contribution in [0.5, 0.6) is 0 Å². The summed E-state index contributed by atoms with van der Waals surface area (Å²) in [7, 11) is 0. The standard InChI is InChI=1S/C7H9NO3.C6H9NO2S/c1-3(2)4-5(9)7(11)8-6(4)10;1-3(2)4-5(8)7-6(9)10-4/h3H,1-2H3,(H2,8,9,10,11);3-4H,1-2H3,(H,7,8,9). The van der Waals surface area contributed by atoms with Gasteiger partial charge >= 0.3 is 0 Å². The summed E-state index contributed by atoms with van der Waals surface area (Å²) < 4.78 is 0. The molecule has 1 atom stereocenters. The Labute approximate surface area is 126 Å². The van der Waals surface area contributed by atoms with E-state index in [1.807, 2.05) is 19.2 Å². The number of carbonyl (C=O) groups excluding carboxylic acids is 4. The van der Waals surface area contributed by atoms with Crippen molar-refractivity contribution in [1.82, 2.24) is 10.6 Å². The second-order valence-electron chi connectivity index (χ2n) is 5.26. The summed E-state index contributed by atoms with van der Waals surface area (Å²) in [6.45, 7) is 7.33. The van der Waals surface area contributed by atoms with Gasteiger partial charge in [0, 0.05) is 0 Å². The van der Waals surface area contributed by atoms with E-state index in [0.29, 0.717) is 0 Å². The van der Waals surface area contributed by atoms with Crippen LogP contribution in [-0.2, 0) is 14.4 Å². The lowest BCUT2D eigenvalue weighted by atomic mass is 10.0. The molecular weight excluding hydrogens is 296 g/mol. The molecule has 0 spiro atoms. The molecule has 0 radical (unpaired) electrons. The zero-order valence-electron chi connectivity index (χ0n) is 12.2. The van der Waals surface area contributed by atoms with E-state index in [9.17, 15) is 19.2 Å². The highest BCUT2D eigenvalue weighted by atomic mass is 32.2. The summed E-state index contributed by atoms with van der Waals surface area (Å²) in [6, 6.07) is 0. The molecule has 0 aliphatic carbocycles. The van der Waals surface area contributed by atoms with E-state index in [1.54, 1.807) is 13.8 Å². The molecule has 0 aromatic carbocycles. The van der Waals surface area contributed by atoms with E-state index in [0.717, 1.165) is 11.8 Å². The van der Waals surface area contributed by atoms with Crippen molar-refractivity contribution in [2.24, 2.45) is 11.8 Å². The van der Waals surface area contributed by atoms with Crippen molar-refractivity contribution in [3.63, 3.8) is 0 Å². The van der Waals surface area contributed by atoms with Gasteiger partial charge in [0.25, 0.3) is 17.1 Å². The number of aliphatic hydroxyl groups is 1. The number of amides is 4. The molecule has 21 heavy (non-hydrogen) atoms. The molecule has 7 nitrogen and oxygen atoms in total. The number of thioether (sulfide) groups is 1. The van der Waals surface area contributed by atoms with Gasteiger partial charge in [-0.1, -0.05) is 39.5 Å². The third-order valence-electron chi connectivity index (χ3n) is 2.84. The number of hydrogen-bond acceptors (Lipinski definition) is 6. The van der Waals surface area contributed by atoms with Gasteiger partial charge in [-0.2, -0.15) is 0 Å². The van der Waals surface area contributed by atoms with Crippen LogP contribution in [0.15, 0.2) is 11.3 Å². The highest BCUT2D eigenvalue weighted by Gasteiger charge is 2.33. The summed E-state index contributed by atoms with van der Waals surface area (Å²) >= 11 is 1.08. The largest absolute Gasteiger partial charge is 0.503 e. The molecule has 2 aliphatic heterocycles. The fraction of sp³-hybridized carbons (Fsp3) is 0.538. The number of imide groups is 2. The maximum absolute atomic E-state index is 10.9. The van der Waals surface area contributed by atoms with Crippen LogP contribution in [0.3, 0.4) is 0 Å². The molecule has 1 saturated heterocycles. The molecular formula is C13H18N2O5S. The molecule has 4 amide bonds. The van der Waals surface area contributed by atoms with Crippen molar-refractivity contribution in [2.75, 3.05) is 0 Å². The molecule has 0 saturated carbocycles. The van der Waals surface area contributed by atoms with Crippen LogP contribution in [0.1, 0.15) is 27.7 Å². The first-order valence-corrected chi connectivity index (χ1v) is 7.33. The maximum atomic E-state index is 10.9. The van der Waals surface area contributed by atoms with Gasteiger partial charge in [0.2, 0.25) is 5.91 Å². The quantitative estimate of drug-likeness (QED) is 0.658. The van der Waals surface area contributed by atoms with Crippen LogP contribution in [0.2, 0.25) is 0 Å². The van der Waals surface area contributed by atoms with E-state index < -0.39 is 17.6 Å². The van der Waals surface area contributed by atoms with Crippen LogP contribution < -0.4 is 10.6 Å². The molecule has 2 heterocycles. The Bertz CT molecular complexity index is 525. The van der Waals surface area contributed by atoms with Gasteiger partial charge in [-0.05, 0) is 11.8 Å². The summed E-state index contributed by atoms with van der Waals surface area (Å²) in [4.78, 5) is 43.0. The number of hydrogen-bond donors (Lipinski definition) is 3. The minimum absolute atomic E-state index is 0.124. The Balaban J connectivity index is 0.000000211. The molecule has 1 fully saturated rings. The van der Waals surface area contributed by atoms with Crippen LogP contribution in [0.25, 0.3) is 0 Å². The SMILES string of the molecule is CC(C)C1=C(O)C(=O)NC1=O.CC(C)C1SC(=O)NC1=O. The lowest BCUT2D eigenvalue weighted by Crippen LogP contribution is -2.27. The van der Waals surface area contributed by atoms with Crippen molar-refractivity contribution in [1.29, 1.82) is 0 Å². The van der Waals surface area contributed by atoms with Crippen molar-refractivity contribution >= 4 is 34.7 Å². The average molecular weight is 314 g/mol.